The van der Waals surface area contributed by atoms with Gasteiger partial charge in [0.1, 0.15) is 0 Å². The van der Waals surface area contributed by atoms with Crippen molar-refractivity contribution < 1.29 is 19.1 Å². The van der Waals surface area contributed by atoms with Crippen molar-refractivity contribution in [2.45, 2.75) is 50.5 Å². The maximum atomic E-state index is 11.7. The molecule has 0 radical (unpaired) electrons. The van der Waals surface area contributed by atoms with Crippen molar-refractivity contribution in [2.75, 3.05) is 12.4 Å². The number of carbonyl (C=O) groups excluding carboxylic acids is 3. The Balaban J connectivity index is 1.68. The summed E-state index contributed by atoms with van der Waals surface area (Å²) in [4.78, 5) is 35.9. The summed E-state index contributed by atoms with van der Waals surface area (Å²) in [6.07, 6.45) is 3.40. The molecule has 7 heteroatoms. The molecular formula is C18H24N2O4S. The predicted molar refractivity (Wildman–Crippen MR) is 96.6 cm³/mol. The molecule has 1 aliphatic rings. The zero-order chi connectivity index (χ0) is 18.4. The summed E-state index contributed by atoms with van der Waals surface area (Å²) in [5.41, 5.74) is 2.29. The molecule has 0 heterocycles. The summed E-state index contributed by atoms with van der Waals surface area (Å²) in [5, 5.41) is 4.71. The molecule has 0 fully saturated rings. The zero-order valence-corrected chi connectivity index (χ0v) is 15.6. The number of hydrogen-bond donors (Lipinski definition) is 2. The molecule has 0 aromatic heterocycles. The SMILES string of the molecule is CC(C)(C)NC(=O)NC(=O)COC(=O)CSc1ccc2c(c1)CCC2. The molecule has 0 bridgehead atoms. The van der Waals surface area contributed by atoms with Gasteiger partial charge in [0.15, 0.2) is 6.61 Å². The van der Waals surface area contributed by atoms with E-state index in [4.69, 9.17) is 4.74 Å². The zero-order valence-electron chi connectivity index (χ0n) is 14.8. The van der Waals surface area contributed by atoms with Gasteiger partial charge < -0.3 is 10.1 Å². The second-order valence-electron chi connectivity index (χ2n) is 6.99. The second-order valence-corrected chi connectivity index (χ2v) is 8.03. The third kappa shape index (κ3) is 6.78. The number of thioether (sulfide) groups is 1. The number of ether oxygens (including phenoxy) is 1. The van der Waals surface area contributed by atoms with Gasteiger partial charge in [-0.3, -0.25) is 14.9 Å². The Kier molecular flexibility index (Phi) is 6.47. The van der Waals surface area contributed by atoms with Crippen LogP contribution in [0, 0.1) is 0 Å². The molecule has 0 saturated heterocycles. The highest BCUT2D eigenvalue weighted by Crippen LogP contribution is 2.27. The van der Waals surface area contributed by atoms with Crippen molar-refractivity contribution in [2.24, 2.45) is 0 Å². The molecule has 136 valence electrons. The minimum Gasteiger partial charge on any atom is -0.455 e. The van der Waals surface area contributed by atoms with E-state index < -0.39 is 30.1 Å². The van der Waals surface area contributed by atoms with Crippen LogP contribution in [0.1, 0.15) is 38.3 Å². The molecule has 25 heavy (non-hydrogen) atoms. The van der Waals surface area contributed by atoms with Crippen LogP contribution in [-0.2, 0) is 27.2 Å². The minimum absolute atomic E-state index is 0.125. The first-order valence-corrected chi connectivity index (χ1v) is 9.24. The average Bonchev–Trinajstić information content (AvgIpc) is 2.96. The van der Waals surface area contributed by atoms with Crippen LogP contribution >= 0.6 is 11.8 Å². The summed E-state index contributed by atoms with van der Waals surface area (Å²) >= 11 is 1.38. The van der Waals surface area contributed by atoms with Gasteiger partial charge in [0.25, 0.3) is 5.91 Å². The molecule has 0 unspecified atom stereocenters. The standard InChI is InChI=1S/C18H24N2O4S/c1-18(2,3)20-17(23)19-15(21)10-24-16(22)11-25-14-8-7-12-5-4-6-13(12)9-14/h7-9H,4-6,10-11H2,1-3H3,(H2,19,20,21,23). The van der Waals surface area contributed by atoms with E-state index >= 15 is 0 Å². The van der Waals surface area contributed by atoms with Gasteiger partial charge in [-0.2, -0.15) is 0 Å². The minimum atomic E-state index is -0.655. The maximum Gasteiger partial charge on any atom is 0.321 e. The van der Waals surface area contributed by atoms with E-state index in [2.05, 4.69) is 22.8 Å². The van der Waals surface area contributed by atoms with E-state index in [1.165, 1.54) is 29.3 Å². The summed E-state index contributed by atoms with van der Waals surface area (Å²) in [7, 11) is 0. The van der Waals surface area contributed by atoms with Crippen molar-refractivity contribution in [3.8, 4) is 0 Å². The third-order valence-electron chi connectivity index (χ3n) is 3.53. The van der Waals surface area contributed by atoms with Crippen LogP contribution in [0.4, 0.5) is 4.79 Å². The molecule has 0 saturated carbocycles. The molecule has 3 amide bonds. The lowest BCUT2D eigenvalue weighted by molar-refractivity contribution is -0.145. The highest BCUT2D eigenvalue weighted by atomic mass is 32.2. The quantitative estimate of drug-likeness (QED) is 0.619. The Morgan fingerprint density at radius 3 is 2.60 bits per heavy atom. The van der Waals surface area contributed by atoms with Crippen LogP contribution in [0.3, 0.4) is 0 Å². The van der Waals surface area contributed by atoms with Crippen molar-refractivity contribution in [3.63, 3.8) is 0 Å². The van der Waals surface area contributed by atoms with E-state index in [0.717, 1.165) is 17.7 Å². The fraction of sp³-hybridized carbons (Fsp3) is 0.500. The number of hydrogen-bond acceptors (Lipinski definition) is 5. The molecule has 2 rings (SSSR count). The molecule has 0 atom stereocenters. The number of imide groups is 1. The van der Waals surface area contributed by atoms with Crippen molar-refractivity contribution in [1.82, 2.24) is 10.6 Å². The first-order chi connectivity index (χ1) is 11.7. The molecule has 0 aliphatic heterocycles. The van der Waals surface area contributed by atoms with Gasteiger partial charge in [-0.15, -0.1) is 11.8 Å². The Morgan fingerprint density at radius 1 is 1.16 bits per heavy atom. The predicted octanol–water partition coefficient (Wildman–Crippen LogP) is 2.43. The average molecular weight is 364 g/mol. The summed E-state index contributed by atoms with van der Waals surface area (Å²) in [5.74, 6) is -1.02. The van der Waals surface area contributed by atoms with E-state index in [1.54, 1.807) is 20.8 Å². The van der Waals surface area contributed by atoms with Crippen LogP contribution in [0.5, 0.6) is 0 Å². The third-order valence-corrected chi connectivity index (χ3v) is 4.50. The fourth-order valence-corrected chi connectivity index (χ4v) is 3.26. The number of nitrogens with one attached hydrogen (secondary N) is 2. The molecular weight excluding hydrogens is 340 g/mol. The molecule has 1 aliphatic carbocycles. The Hall–Kier alpha value is -2.02. The van der Waals surface area contributed by atoms with Crippen LogP contribution in [0.15, 0.2) is 23.1 Å². The molecule has 0 spiro atoms. The van der Waals surface area contributed by atoms with Gasteiger partial charge in [-0.05, 0) is 63.3 Å². The Morgan fingerprint density at radius 2 is 1.88 bits per heavy atom. The molecule has 2 N–H and O–H groups in total. The van der Waals surface area contributed by atoms with Crippen LogP contribution in [0.25, 0.3) is 0 Å². The fourth-order valence-electron chi connectivity index (χ4n) is 2.50. The number of aryl methyl sites for hydroxylation is 2. The van der Waals surface area contributed by atoms with Crippen LogP contribution < -0.4 is 10.6 Å². The van der Waals surface area contributed by atoms with E-state index in [1.807, 2.05) is 6.07 Å². The second kappa shape index (κ2) is 8.38. The van der Waals surface area contributed by atoms with Crippen molar-refractivity contribution in [1.29, 1.82) is 0 Å². The number of urea groups is 1. The van der Waals surface area contributed by atoms with Gasteiger partial charge in [-0.25, -0.2) is 4.79 Å². The number of fused-ring (bicyclic) bond motifs is 1. The Labute approximate surface area is 152 Å². The van der Waals surface area contributed by atoms with Gasteiger partial charge in [0.2, 0.25) is 0 Å². The van der Waals surface area contributed by atoms with E-state index in [9.17, 15) is 14.4 Å². The van der Waals surface area contributed by atoms with E-state index in [0.29, 0.717) is 0 Å². The topological polar surface area (TPSA) is 84.5 Å². The first kappa shape index (κ1) is 19.3. The lowest BCUT2D eigenvalue weighted by Gasteiger charge is -2.20. The van der Waals surface area contributed by atoms with Crippen LogP contribution in [-0.4, -0.2) is 35.8 Å². The monoisotopic (exact) mass is 364 g/mol. The maximum absolute atomic E-state index is 11.7. The van der Waals surface area contributed by atoms with E-state index in [-0.39, 0.29) is 5.75 Å². The molecule has 1 aromatic carbocycles. The first-order valence-electron chi connectivity index (χ1n) is 8.25. The van der Waals surface area contributed by atoms with Gasteiger partial charge in [0.05, 0.1) is 5.75 Å². The number of amides is 3. The lowest BCUT2D eigenvalue weighted by atomic mass is 10.1. The number of carbonyl (C=O) groups is 3. The number of benzene rings is 1. The normalized spacial score (nSPS) is 13.1. The van der Waals surface area contributed by atoms with Crippen molar-refractivity contribution >= 4 is 29.7 Å². The van der Waals surface area contributed by atoms with Crippen molar-refractivity contribution in [3.05, 3.63) is 29.3 Å². The Bertz CT molecular complexity index is 668. The highest BCUT2D eigenvalue weighted by molar-refractivity contribution is 8.00. The lowest BCUT2D eigenvalue weighted by Crippen LogP contribution is -2.49. The largest absolute Gasteiger partial charge is 0.455 e. The summed E-state index contributed by atoms with van der Waals surface area (Å²) in [6.45, 7) is 4.93. The molecule has 1 aromatic rings. The summed E-state index contributed by atoms with van der Waals surface area (Å²) < 4.78 is 4.90. The van der Waals surface area contributed by atoms with Crippen LogP contribution in [0.2, 0.25) is 0 Å². The highest BCUT2D eigenvalue weighted by Gasteiger charge is 2.17. The van der Waals surface area contributed by atoms with Gasteiger partial charge in [0, 0.05) is 10.4 Å². The van der Waals surface area contributed by atoms with Gasteiger partial charge >= 0.3 is 12.0 Å². The number of esters is 1. The summed E-state index contributed by atoms with van der Waals surface area (Å²) in [6, 6.07) is 5.62. The molecule has 6 nitrogen and oxygen atoms in total. The number of rotatable bonds is 5. The van der Waals surface area contributed by atoms with Gasteiger partial charge in [-0.1, -0.05) is 6.07 Å². The smallest absolute Gasteiger partial charge is 0.321 e.